The quantitative estimate of drug-likeness (QED) is 0.473. The fourth-order valence-corrected chi connectivity index (χ4v) is 2.35. The van der Waals surface area contributed by atoms with E-state index in [0.29, 0.717) is 6.54 Å². The number of rotatable bonds is 6. The Labute approximate surface area is 110 Å². The van der Waals surface area contributed by atoms with Gasteiger partial charge >= 0.3 is 12.0 Å². The summed E-state index contributed by atoms with van der Waals surface area (Å²) in [5.74, 6) is 0.477. The first kappa shape index (κ1) is 14.8. The standard InChI is InChI=1S/C11H18N2O4S/c1-2-4-18-5-3-12-11(17)13-7-8(14)6-9(13)10(15)16/h2,8-9,14H,1,3-7H2,(H,12,17)(H,15,16)/t8-,9+/m1/s1. The van der Waals surface area contributed by atoms with E-state index in [9.17, 15) is 14.7 Å². The molecule has 1 saturated heterocycles. The van der Waals surface area contributed by atoms with E-state index >= 15 is 0 Å². The number of hydrogen-bond acceptors (Lipinski definition) is 4. The molecule has 0 aromatic heterocycles. The highest BCUT2D eigenvalue weighted by atomic mass is 32.2. The largest absolute Gasteiger partial charge is 0.480 e. The molecule has 0 saturated carbocycles. The molecule has 6 nitrogen and oxygen atoms in total. The van der Waals surface area contributed by atoms with Crippen molar-refractivity contribution in [3.05, 3.63) is 12.7 Å². The topological polar surface area (TPSA) is 89.9 Å². The Morgan fingerprint density at radius 2 is 2.28 bits per heavy atom. The van der Waals surface area contributed by atoms with E-state index in [1.165, 1.54) is 4.90 Å². The molecule has 2 atom stereocenters. The van der Waals surface area contributed by atoms with Crippen LogP contribution in [0.3, 0.4) is 0 Å². The molecule has 2 amide bonds. The molecule has 1 heterocycles. The molecule has 0 radical (unpaired) electrons. The van der Waals surface area contributed by atoms with E-state index in [-0.39, 0.29) is 13.0 Å². The minimum absolute atomic E-state index is 0.0720. The number of likely N-dealkylation sites (tertiary alicyclic amines) is 1. The van der Waals surface area contributed by atoms with Gasteiger partial charge in [0, 0.05) is 31.0 Å². The summed E-state index contributed by atoms with van der Waals surface area (Å²) >= 11 is 1.63. The molecular weight excluding hydrogens is 256 g/mol. The SMILES string of the molecule is C=CCSCCNC(=O)N1C[C@H](O)C[C@H]1C(=O)O. The number of urea groups is 1. The molecule has 1 rings (SSSR count). The van der Waals surface area contributed by atoms with Gasteiger partial charge in [-0.05, 0) is 0 Å². The Morgan fingerprint density at radius 3 is 2.89 bits per heavy atom. The van der Waals surface area contributed by atoms with Crippen LogP contribution >= 0.6 is 11.8 Å². The van der Waals surface area contributed by atoms with Gasteiger partial charge in [0.05, 0.1) is 6.10 Å². The van der Waals surface area contributed by atoms with Gasteiger partial charge in [-0.3, -0.25) is 0 Å². The van der Waals surface area contributed by atoms with Crippen molar-refractivity contribution in [2.75, 3.05) is 24.6 Å². The molecule has 1 aliphatic heterocycles. The highest BCUT2D eigenvalue weighted by molar-refractivity contribution is 7.99. The number of thioether (sulfide) groups is 1. The smallest absolute Gasteiger partial charge is 0.326 e. The van der Waals surface area contributed by atoms with E-state index in [1.54, 1.807) is 17.8 Å². The summed E-state index contributed by atoms with van der Waals surface area (Å²) in [7, 11) is 0. The number of aliphatic hydroxyl groups excluding tert-OH is 1. The number of carboxylic acids is 1. The third-order valence-electron chi connectivity index (χ3n) is 2.58. The maximum atomic E-state index is 11.7. The summed E-state index contributed by atoms with van der Waals surface area (Å²) in [5.41, 5.74) is 0. The number of β-amino-alcohol motifs (C(OH)–C–C–N with tert-alkyl or cyclic N) is 1. The summed E-state index contributed by atoms with van der Waals surface area (Å²) in [6.07, 6.45) is 1.12. The van der Waals surface area contributed by atoms with E-state index < -0.39 is 24.1 Å². The lowest BCUT2D eigenvalue weighted by atomic mass is 10.2. The normalized spacial score (nSPS) is 22.8. The fraction of sp³-hybridized carbons (Fsp3) is 0.636. The summed E-state index contributed by atoms with van der Waals surface area (Å²) in [5, 5.41) is 21.0. The van der Waals surface area contributed by atoms with Crippen molar-refractivity contribution in [1.82, 2.24) is 10.2 Å². The van der Waals surface area contributed by atoms with E-state index in [2.05, 4.69) is 11.9 Å². The van der Waals surface area contributed by atoms with Crippen LogP contribution in [0.5, 0.6) is 0 Å². The van der Waals surface area contributed by atoms with Crippen molar-refractivity contribution in [1.29, 1.82) is 0 Å². The second-order valence-corrected chi connectivity index (χ2v) is 5.14. The second kappa shape index (κ2) is 7.27. The molecule has 0 bridgehead atoms. The molecule has 1 aliphatic rings. The minimum atomic E-state index is -1.08. The molecule has 0 aliphatic carbocycles. The molecule has 102 valence electrons. The minimum Gasteiger partial charge on any atom is -0.480 e. The highest BCUT2D eigenvalue weighted by Crippen LogP contribution is 2.17. The van der Waals surface area contributed by atoms with Gasteiger partial charge in [0.2, 0.25) is 0 Å². The highest BCUT2D eigenvalue weighted by Gasteiger charge is 2.38. The Kier molecular flexibility index (Phi) is 6.00. The third-order valence-corrected chi connectivity index (χ3v) is 3.55. The Bertz CT molecular complexity index is 324. The monoisotopic (exact) mass is 274 g/mol. The second-order valence-electron chi connectivity index (χ2n) is 3.99. The van der Waals surface area contributed by atoms with Gasteiger partial charge in [-0.25, -0.2) is 9.59 Å². The molecule has 1 fully saturated rings. The molecule has 0 unspecified atom stereocenters. The lowest BCUT2D eigenvalue weighted by molar-refractivity contribution is -0.141. The van der Waals surface area contributed by atoms with E-state index in [4.69, 9.17) is 5.11 Å². The lowest BCUT2D eigenvalue weighted by Crippen LogP contribution is -2.46. The number of nitrogens with zero attached hydrogens (tertiary/aromatic N) is 1. The van der Waals surface area contributed by atoms with Crippen LogP contribution in [0.25, 0.3) is 0 Å². The zero-order valence-corrected chi connectivity index (χ0v) is 10.9. The average molecular weight is 274 g/mol. The van der Waals surface area contributed by atoms with Crippen LogP contribution in [0.4, 0.5) is 4.79 Å². The summed E-state index contributed by atoms with van der Waals surface area (Å²) in [6, 6.07) is -1.36. The number of carboxylic acid groups (broad SMARTS) is 1. The summed E-state index contributed by atoms with van der Waals surface area (Å²) < 4.78 is 0. The van der Waals surface area contributed by atoms with Gasteiger partial charge in [-0.2, -0.15) is 11.8 Å². The van der Waals surface area contributed by atoms with Crippen LogP contribution in [0.1, 0.15) is 6.42 Å². The van der Waals surface area contributed by atoms with E-state index in [0.717, 1.165) is 11.5 Å². The Hall–Kier alpha value is -1.21. The molecule has 0 aromatic carbocycles. The average Bonchev–Trinajstić information content (AvgIpc) is 2.71. The van der Waals surface area contributed by atoms with Gasteiger partial charge in [0.1, 0.15) is 6.04 Å². The maximum absolute atomic E-state index is 11.7. The molecule has 3 N–H and O–H groups in total. The molecule has 0 spiro atoms. The van der Waals surface area contributed by atoms with Crippen LogP contribution in [0.15, 0.2) is 12.7 Å². The van der Waals surface area contributed by atoms with Gasteiger partial charge < -0.3 is 20.4 Å². The Morgan fingerprint density at radius 1 is 1.56 bits per heavy atom. The summed E-state index contributed by atoms with van der Waals surface area (Å²) in [4.78, 5) is 23.9. The van der Waals surface area contributed by atoms with Crippen LogP contribution in [0, 0.1) is 0 Å². The van der Waals surface area contributed by atoms with Gasteiger partial charge in [-0.15, -0.1) is 6.58 Å². The fourth-order valence-electron chi connectivity index (χ4n) is 1.77. The first-order valence-electron chi connectivity index (χ1n) is 5.70. The molecule has 18 heavy (non-hydrogen) atoms. The number of hydrogen-bond donors (Lipinski definition) is 3. The zero-order valence-electron chi connectivity index (χ0n) is 10.0. The van der Waals surface area contributed by atoms with Crippen LogP contribution < -0.4 is 5.32 Å². The predicted molar refractivity (Wildman–Crippen MR) is 69.7 cm³/mol. The number of aliphatic hydroxyl groups is 1. The van der Waals surface area contributed by atoms with Crippen LogP contribution in [-0.4, -0.2) is 63.9 Å². The molecule has 7 heteroatoms. The zero-order chi connectivity index (χ0) is 13.5. The van der Waals surface area contributed by atoms with Crippen molar-refractivity contribution < 1.29 is 19.8 Å². The van der Waals surface area contributed by atoms with Crippen molar-refractivity contribution in [3.8, 4) is 0 Å². The van der Waals surface area contributed by atoms with Crippen molar-refractivity contribution in [3.63, 3.8) is 0 Å². The summed E-state index contributed by atoms with van der Waals surface area (Å²) in [6.45, 7) is 4.13. The number of carbonyl (C=O) groups is 2. The molecule has 0 aromatic rings. The van der Waals surface area contributed by atoms with Crippen LogP contribution in [0.2, 0.25) is 0 Å². The first-order chi connectivity index (χ1) is 8.56. The maximum Gasteiger partial charge on any atom is 0.326 e. The van der Waals surface area contributed by atoms with Gasteiger partial charge in [0.25, 0.3) is 0 Å². The van der Waals surface area contributed by atoms with E-state index in [1.807, 2.05) is 0 Å². The van der Waals surface area contributed by atoms with Gasteiger partial charge in [-0.1, -0.05) is 6.08 Å². The lowest BCUT2D eigenvalue weighted by Gasteiger charge is -2.21. The van der Waals surface area contributed by atoms with Crippen molar-refractivity contribution in [2.24, 2.45) is 0 Å². The Balaban J connectivity index is 2.35. The number of aliphatic carboxylic acids is 1. The first-order valence-corrected chi connectivity index (χ1v) is 6.85. The number of amides is 2. The van der Waals surface area contributed by atoms with Crippen molar-refractivity contribution >= 4 is 23.8 Å². The van der Waals surface area contributed by atoms with Gasteiger partial charge in [0.15, 0.2) is 0 Å². The number of nitrogens with one attached hydrogen (secondary N) is 1. The van der Waals surface area contributed by atoms with Crippen LogP contribution in [-0.2, 0) is 4.79 Å². The predicted octanol–water partition coefficient (Wildman–Crippen LogP) is 0.135. The molecular formula is C11H18N2O4S. The van der Waals surface area contributed by atoms with Crippen molar-refractivity contribution in [2.45, 2.75) is 18.6 Å². The third kappa shape index (κ3) is 4.23. The number of carbonyl (C=O) groups excluding carboxylic acids is 1.